The van der Waals surface area contributed by atoms with E-state index in [4.69, 9.17) is 0 Å². The van der Waals surface area contributed by atoms with Crippen molar-refractivity contribution >= 4 is 5.69 Å². The van der Waals surface area contributed by atoms with Gasteiger partial charge in [-0.3, -0.25) is 9.80 Å². The summed E-state index contributed by atoms with van der Waals surface area (Å²) < 4.78 is 0. The van der Waals surface area contributed by atoms with Crippen LogP contribution in [0.15, 0.2) is 30.3 Å². The number of nitrogens with zero attached hydrogens (tertiary/aromatic N) is 4. The fourth-order valence-electron chi connectivity index (χ4n) is 4.73. The standard InChI is InChI=1S/C20H32N4/c1-21-18-7-8-20(21)17-23(10-9-18)12-11-22-13-15-24(16-14-22)19-5-3-2-4-6-19/h2-6,18,20H,7-17H2,1H3/t18-,20+/m0/s1. The molecule has 3 aliphatic rings. The summed E-state index contributed by atoms with van der Waals surface area (Å²) >= 11 is 0. The van der Waals surface area contributed by atoms with Crippen molar-refractivity contribution in [3.8, 4) is 0 Å². The van der Waals surface area contributed by atoms with Crippen molar-refractivity contribution in [1.82, 2.24) is 14.7 Å². The third-order valence-corrected chi connectivity index (χ3v) is 6.46. The molecule has 0 aromatic heterocycles. The molecule has 1 aromatic rings. The zero-order valence-electron chi connectivity index (χ0n) is 15.1. The maximum Gasteiger partial charge on any atom is 0.0367 e. The lowest BCUT2D eigenvalue weighted by Gasteiger charge is -2.37. The number of hydrogen-bond acceptors (Lipinski definition) is 4. The van der Waals surface area contributed by atoms with Gasteiger partial charge in [-0.1, -0.05) is 18.2 Å². The van der Waals surface area contributed by atoms with Crippen molar-refractivity contribution in [2.24, 2.45) is 0 Å². The fourth-order valence-corrected chi connectivity index (χ4v) is 4.73. The second kappa shape index (κ2) is 7.42. The Kier molecular flexibility index (Phi) is 5.06. The summed E-state index contributed by atoms with van der Waals surface area (Å²) in [6.07, 6.45) is 4.21. The normalized spacial score (nSPS) is 29.8. The summed E-state index contributed by atoms with van der Waals surface area (Å²) in [6.45, 7) is 9.82. The van der Waals surface area contributed by atoms with Crippen molar-refractivity contribution in [2.75, 3.05) is 64.3 Å². The van der Waals surface area contributed by atoms with Crippen LogP contribution in [0, 0.1) is 0 Å². The summed E-state index contributed by atoms with van der Waals surface area (Å²) in [5.41, 5.74) is 1.38. The van der Waals surface area contributed by atoms with Gasteiger partial charge in [0.2, 0.25) is 0 Å². The molecule has 4 nitrogen and oxygen atoms in total. The Balaban J connectivity index is 1.22. The first-order valence-electron chi connectivity index (χ1n) is 9.76. The van der Waals surface area contributed by atoms with Gasteiger partial charge in [-0.2, -0.15) is 0 Å². The van der Waals surface area contributed by atoms with E-state index in [1.165, 1.54) is 64.2 Å². The molecule has 0 radical (unpaired) electrons. The second-order valence-electron chi connectivity index (χ2n) is 7.80. The van der Waals surface area contributed by atoms with Gasteiger partial charge in [-0.15, -0.1) is 0 Å². The van der Waals surface area contributed by atoms with Gasteiger partial charge in [-0.05, 0) is 45.0 Å². The number of likely N-dealkylation sites (tertiary alicyclic amines) is 1. The Morgan fingerprint density at radius 2 is 1.50 bits per heavy atom. The highest BCUT2D eigenvalue weighted by molar-refractivity contribution is 5.46. The molecule has 132 valence electrons. The summed E-state index contributed by atoms with van der Waals surface area (Å²) in [7, 11) is 2.34. The van der Waals surface area contributed by atoms with E-state index in [1.807, 2.05) is 0 Å². The molecule has 3 fully saturated rings. The maximum absolute atomic E-state index is 2.73. The van der Waals surface area contributed by atoms with Crippen LogP contribution in [-0.4, -0.2) is 86.2 Å². The lowest BCUT2D eigenvalue weighted by Crippen LogP contribution is -2.49. The van der Waals surface area contributed by atoms with Crippen LogP contribution in [0.1, 0.15) is 19.3 Å². The van der Waals surface area contributed by atoms with E-state index in [1.54, 1.807) is 0 Å². The quantitative estimate of drug-likeness (QED) is 0.838. The maximum atomic E-state index is 2.73. The van der Waals surface area contributed by atoms with E-state index >= 15 is 0 Å². The zero-order valence-corrected chi connectivity index (χ0v) is 15.1. The first-order valence-corrected chi connectivity index (χ1v) is 9.76. The highest BCUT2D eigenvalue weighted by atomic mass is 15.3. The highest BCUT2D eigenvalue weighted by Crippen LogP contribution is 2.28. The number of anilines is 1. The summed E-state index contributed by atoms with van der Waals surface area (Å²) in [6, 6.07) is 12.5. The molecule has 0 spiro atoms. The van der Waals surface area contributed by atoms with Gasteiger partial charge in [0.15, 0.2) is 0 Å². The molecule has 2 bridgehead atoms. The molecule has 24 heavy (non-hydrogen) atoms. The molecule has 4 heteroatoms. The molecule has 3 aliphatic heterocycles. The Hall–Kier alpha value is -1.10. The Morgan fingerprint density at radius 3 is 2.29 bits per heavy atom. The molecule has 0 aliphatic carbocycles. The Bertz CT molecular complexity index is 512. The third-order valence-electron chi connectivity index (χ3n) is 6.46. The summed E-state index contributed by atoms with van der Waals surface area (Å²) in [5.74, 6) is 0. The number of piperazine rings is 1. The van der Waals surface area contributed by atoms with E-state index in [0.29, 0.717) is 0 Å². The number of likely N-dealkylation sites (N-methyl/N-ethyl adjacent to an activating group) is 1. The highest BCUT2D eigenvalue weighted by Gasteiger charge is 2.34. The number of benzene rings is 1. The van der Waals surface area contributed by atoms with Crippen molar-refractivity contribution < 1.29 is 0 Å². The van der Waals surface area contributed by atoms with E-state index in [-0.39, 0.29) is 0 Å². The SMILES string of the molecule is CN1[C@H]2CC[C@@H]1CN(CCN1CCN(c3ccccc3)CC1)CC2. The minimum absolute atomic E-state index is 0.812. The second-order valence-corrected chi connectivity index (χ2v) is 7.80. The van der Waals surface area contributed by atoms with E-state index < -0.39 is 0 Å². The minimum Gasteiger partial charge on any atom is -0.369 e. The number of rotatable bonds is 4. The van der Waals surface area contributed by atoms with Gasteiger partial charge in [-0.25, -0.2) is 0 Å². The van der Waals surface area contributed by atoms with Crippen molar-refractivity contribution in [3.05, 3.63) is 30.3 Å². The Morgan fingerprint density at radius 1 is 0.792 bits per heavy atom. The third kappa shape index (κ3) is 3.61. The monoisotopic (exact) mass is 328 g/mol. The first kappa shape index (κ1) is 16.4. The average molecular weight is 329 g/mol. The van der Waals surface area contributed by atoms with Gasteiger partial charge < -0.3 is 9.80 Å². The first-order chi connectivity index (χ1) is 11.8. The van der Waals surface area contributed by atoms with Crippen LogP contribution in [0.2, 0.25) is 0 Å². The molecular formula is C20H32N4. The predicted octanol–water partition coefficient (Wildman–Crippen LogP) is 1.98. The minimum atomic E-state index is 0.812. The van der Waals surface area contributed by atoms with Crippen molar-refractivity contribution in [2.45, 2.75) is 31.3 Å². The van der Waals surface area contributed by atoms with Crippen LogP contribution in [0.25, 0.3) is 0 Å². The van der Waals surface area contributed by atoms with Crippen LogP contribution in [0.4, 0.5) is 5.69 Å². The Labute approximate surface area is 147 Å². The van der Waals surface area contributed by atoms with Crippen LogP contribution in [-0.2, 0) is 0 Å². The molecule has 0 saturated carbocycles. The molecule has 1 aromatic carbocycles. The predicted molar refractivity (Wildman–Crippen MR) is 101 cm³/mol. The number of fused-ring (bicyclic) bond motifs is 2. The van der Waals surface area contributed by atoms with Crippen molar-refractivity contribution in [1.29, 1.82) is 0 Å². The van der Waals surface area contributed by atoms with E-state index in [9.17, 15) is 0 Å². The van der Waals surface area contributed by atoms with Gasteiger partial charge in [0, 0.05) is 63.6 Å². The molecule has 4 rings (SSSR count). The number of para-hydroxylation sites is 1. The molecule has 0 N–H and O–H groups in total. The van der Waals surface area contributed by atoms with Crippen molar-refractivity contribution in [3.63, 3.8) is 0 Å². The fraction of sp³-hybridized carbons (Fsp3) is 0.700. The molecule has 0 amide bonds. The van der Waals surface area contributed by atoms with Crippen LogP contribution in [0.3, 0.4) is 0 Å². The average Bonchev–Trinajstić information content (AvgIpc) is 2.88. The summed E-state index contributed by atoms with van der Waals surface area (Å²) in [4.78, 5) is 10.6. The molecule has 3 saturated heterocycles. The van der Waals surface area contributed by atoms with Gasteiger partial charge in [0.25, 0.3) is 0 Å². The lowest BCUT2D eigenvalue weighted by molar-refractivity contribution is 0.181. The van der Waals surface area contributed by atoms with Crippen LogP contribution >= 0.6 is 0 Å². The lowest BCUT2D eigenvalue weighted by atomic mass is 10.1. The summed E-state index contributed by atoms with van der Waals surface area (Å²) in [5, 5.41) is 0. The topological polar surface area (TPSA) is 13.0 Å². The molecule has 2 atom stereocenters. The molecule has 3 heterocycles. The van der Waals surface area contributed by atoms with Crippen LogP contribution in [0.5, 0.6) is 0 Å². The smallest absolute Gasteiger partial charge is 0.0367 e. The van der Waals surface area contributed by atoms with E-state index in [0.717, 1.165) is 25.2 Å². The molecular weight excluding hydrogens is 296 g/mol. The van der Waals surface area contributed by atoms with Crippen LogP contribution < -0.4 is 4.90 Å². The van der Waals surface area contributed by atoms with E-state index in [2.05, 4.69) is 57.0 Å². The molecule has 0 unspecified atom stereocenters. The van der Waals surface area contributed by atoms with Gasteiger partial charge in [0.1, 0.15) is 0 Å². The number of hydrogen-bond donors (Lipinski definition) is 0. The van der Waals surface area contributed by atoms with Gasteiger partial charge in [0.05, 0.1) is 0 Å². The largest absolute Gasteiger partial charge is 0.369 e. The van der Waals surface area contributed by atoms with Gasteiger partial charge >= 0.3 is 0 Å². The zero-order chi connectivity index (χ0) is 16.4.